The molecular weight excluding hydrogens is 265 g/mol. The van der Waals surface area contributed by atoms with Crippen LogP contribution >= 0.6 is 23.2 Å². The number of aromatic amines is 1. The number of ether oxygens (including phenoxy) is 1. The predicted molar refractivity (Wildman–Crippen MR) is 65.7 cm³/mol. The van der Waals surface area contributed by atoms with Crippen molar-refractivity contribution >= 4 is 29.1 Å². The molecule has 1 aromatic heterocycles. The molecule has 17 heavy (non-hydrogen) atoms. The molecule has 3 N–H and O–H groups in total. The molecule has 94 valence electrons. The molecule has 7 heteroatoms. The van der Waals surface area contributed by atoms with Crippen molar-refractivity contribution in [3.05, 3.63) is 21.9 Å². The van der Waals surface area contributed by atoms with Crippen LogP contribution in [-0.4, -0.2) is 43.2 Å². The summed E-state index contributed by atoms with van der Waals surface area (Å²) in [5.41, 5.74) is 0.349. The van der Waals surface area contributed by atoms with Crippen molar-refractivity contribution in [3.8, 4) is 0 Å². The molecule has 1 aromatic rings. The molecule has 5 nitrogen and oxygen atoms in total. The van der Waals surface area contributed by atoms with Crippen molar-refractivity contribution < 1.29 is 9.53 Å². The van der Waals surface area contributed by atoms with Gasteiger partial charge in [-0.2, -0.15) is 0 Å². The summed E-state index contributed by atoms with van der Waals surface area (Å²) in [6, 6.07) is 1.46. The SMILES string of the molecule is CO[C@@H]1CNCC1NC(=O)c1cc(Cl)c(Cl)[nH]1. The number of H-pyrrole nitrogens is 1. The second kappa shape index (κ2) is 5.27. The maximum Gasteiger partial charge on any atom is 0.268 e. The Balaban J connectivity index is 2.01. The van der Waals surface area contributed by atoms with Gasteiger partial charge in [-0.25, -0.2) is 0 Å². The first-order valence-electron chi connectivity index (χ1n) is 5.20. The van der Waals surface area contributed by atoms with Gasteiger partial charge in [0.2, 0.25) is 0 Å². The average molecular weight is 278 g/mol. The molecule has 0 radical (unpaired) electrons. The number of rotatable bonds is 3. The second-order valence-corrected chi connectivity index (χ2v) is 4.64. The fraction of sp³-hybridized carbons (Fsp3) is 0.500. The lowest BCUT2D eigenvalue weighted by molar-refractivity contribution is 0.0777. The second-order valence-electron chi connectivity index (χ2n) is 3.86. The fourth-order valence-electron chi connectivity index (χ4n) is 1.82. The Labute approximate surface area is 109 Å². The Morgan fingerprint density at radius 1 is 1.53 bits per heavy atom. The smallest absolute Gasteiger partial charge is 0.268 e. The normalized spacial score (nSPS) is 23.9. The van der Waals surface area contributed by atoms with Crippen LogP contribution in [0.5, 0.6) is 0 Å². The van der Waals surface area contributed by atoms with Gasteiger partial charge in [-0.05, 0) is 6.07 Å². The van der Waals surface area contributed by atoms with E-state index < -0.39 is 0 Å². The Morgan fingerprint density at radius 2 is 2.29 bits per heavy atom. The van der Waals surface area contributed by atoms with Crippen LogP contribution in [0.3, 0.4) is 0 Å². The van der Waals surface area contributed by atoms with Crippen LogP contribution in [0.15, 0.2) is 6.07 Å². The number of hydrogen-bond donors (Lipinski definition) is 3. The molecule has 0 saturated carbocycles. The fourth-order valence-corrected chi connectivity index (χ4v) is 2.13. The number of carbonyl (C=O) groups excluding carboxylic acids is 1. The number of halogens is 2. The van der Waals surface area contributed by atoms with Crippen molar-refractivity contribution in [2.75, 3.05) is 20.2 Å². The highest BCUT2D eigenvalue weighted by molar-refractivity contribution is 6.41. The van der Waals surface area contributed by atoms with Gasteiger partial charge in [-0.1, -0.05) is 23.2 Å². The number of carbonyl (C=O) groups is 1. The van der Waals surface area contributed by atoms with Crippen LogP contribution in [0.2, 0.25) is 10.2 Å². The minimum absolute atomic E-state index is 0.0140. The highest BCUT2D eigenvalue weighted by atomic mass is 35.5. The molecular formula is C10H13Cl2N3O2. The first-order chi connectivity index (χ1) is 8.11. The third-order valence-electron chi connectivity index (χ3n) is 2.75. The van der Waals surface area contributed by atoms with Gasteiger partial charge < -0.3 is 20.4 Å². The number of methoxy groups -OCH3 is 1. The van der Waals surface area contributed by atoms with Gasteiger partial charge in [0, 0.05) is 20.2 Å². The lowest BCUT2D eigenvalue weighted by atomic mass is 10.2. The highest BCUT2D eigenvalue weighted by Crippen LogP contribution is 2.21. The maximum atomic E-state index is 11.9. The van der Waals surface area contributed by atoms with Gasteiger partial charge in [0.1, 0.15) is 10.8 Å². The van der Waals surface area contributed by atoms with Gasteiger partial charge in [0.05, 0.1) is 17.2 Å². The van der Waals surface area contributed by atoms with Crippen LogP contribution in [0.25, 0.3) is 0 Å². The van der Waals surface area contributed by atoms with E-state index in [0.29, 0.717) is 17.3 Å². The molecule has 2 atom stereocenters. The molecule has 1 fully saturated rings. The van der Waals surface area contributed by atoms with Crippen molar-refractivity contribution in [3.63, 3.8) is 0 Å². The van der Waals surface area contributed by atoms with Crippen LogP contribution in [0.4, 0.5) is 0 Å². The van der Waals surface area contributed by atoms with Crippen LogP contribution in [-0.2, 0) is 4.74 Å². The lowest BCUT2D eigenvalue weighted by Crippen LogP contribution is -2.43. The Hall–Kier alpha value is -0.750. The molecule has 1 saturated heterocycles. The third kappa shape index (κ3) is 2.74. The molecule has 0 bridgehead atoms. The van der Waals surface area contributed by atoms with Gasteiger partial charge in [-0.3, -0.25) is 4.79 Å². The minimum atomic E-state index is -0.241. The quantitative estimate of drug-likeness (QED) is 0.774. The highest BCUT2D eigenvalue weighted by Gasteiger charge is 2.28. The summed E-state index contributed by atoms with van der Waals surface area (Å²) >= 11 is 11.5. The molecule has 0 spiro atoms. The third-order valence-corrected chi connectivity index (χ3v) is 3.44. The van der Waals surface area contributed by atoms with Gasteiger partial charge in [-0.15, -0.1) is 0 Å². The van der Waals surface area contributed by atoms with Crippen LogP contribution in [0, 0.1) is 0 Å². The summed E-state index contributed by atoms with van der Waals surface area (Å²) in [6.07, 6.45) is -0.0140. The van der Waals surface area contributed by atoms with Gasteiger partial charge in [0.15, 0.2) is 0 Å². The van der Waals surface area contributed by atoms with Crippen LogP contribution < -0.4 is 10.6 Å². The molecule has 1 aliphatic rings. The van der Waals surface area contributed by atoms with Crippen molar-refractivity contribution in [1.29, 1.82) is 0 Å². The Morgan fingerprint density at radius 3 is 2.88 bits per heavy atom. The summed E-state index contributed by atoms with van der Waals surface area (Å²) < 4.78 is 5.25. The van der Waals surface area contributed by atoms with E-state index in [0.717, 1.165) is 6.54 Å². The largest absolute Gasteiger partial charge is 0.378 e. The molecule has 2 rings (SSSR count). The monoisotopic (exact) mass is 277 g/mol. The topological polar surface area (TPSA) is 66.2 Å². The average Bonchev–Trinajstić information content (AvgIpc) is 2.86. The Bertz CT molecular complexity index is 402. The molecule has 0 aliphatic carbocycles. The number of hydrogen-bond acceptors (Lipinski definition) is 3. The zero-order valence-corrected chi connectivity index (χ0v) is 10.7. The number of aromatic nitrogens is 1. The number of nitrogens with one attached hydrogen (secondary N) is 3. The molecule has 0 aromatic carbocycles. The van der Waals surface area contributed by atoms with Gasteiger partial charge in [0.25, 0.3) is 5.91 Å². The van der Waals surface area contributed by atoms with Crippen LogP contribution in [0.1, 0.15) is 10.5 Å². The minimum Gasteiger partial charge on any atom is -0.378 e. The zero-order chi connectivity index (χ0) is 12.4. The first-order valence-corrected chi connectivity index (χ1v) is 5.95. The van der Waals surface area contributed by atoms with E-state index in [1.54, 1.807) is 7.11 Å². The van der Waals surface area contributed by atoms with E-state index in [1.165, 1.54) is 6.07 Å². The molecule has 2 heterocycles. The van der Waals surface area contributed by atoms with Crippen molar-refractivity contribution in [2.24, 2.45) is 0 Å². The molecule has 1 aliphatic heterocycles. The summed E-state index contributed by atoms with van der Waals surface area (Å²) in [4.78, 5) is 14.6. The summed E-state index contributed by atoms with van der Waals surface area (Å²) in [5.74, 6) is -0.241. The van der Waals surface area contributed by atoms with Crippen molar-refractivity contribution in [2.45, 2.75) is 12.1 Å². The van der Waals surface area contributed by atoms with E-state index in [9.17, 15) is 4.79 Å². The Kier molecular flexibility index (Phi) is 3.93. The summed E-state index contributed by atoms with van der Waals surface area (Å²) in [7, 11) is 1.62. The summed E-state index contributed by atoms with van der Waals surface area (Å²) in [6.45, 7) is 1.42. The van der Waals surface area contributed by atoms with E-state index in [-0.39, 0.29) is 23.2 Å². The lowest BCUT2D eigenvalue weighted by Gasteiger charge is -2.17. The first kappa shape index (κ1) is 12.7. The van der Waals surface area contributed by atoms with Crippen molar-refractivity contribution in [1.82, 2.24) is 15.6 Å². The maximum absolute atomic E-state index is 11.9. The molecule has 1 amide bonds. The number of amides is 1. The standard InChI is InChI=1S/C10H13Cl2N3O2/c1-17-8-4-13-3-7(8)15-10(16)6-2-5(11)9(12)14-6/h2,7-8,13-14H,3-4H2,1H3,(H,15,16)/t7?,8-/m1/s1. The summed E-state index contributed by atoms with van der Waals surface area (Å²) in [5, 5.41) is 6.61. The molecule has 1 unspecified atom stereocenters. The van der Waals surface area contributed by atoms with E-state index in [1.807, 2.05) is 0 Å². The van der Waals surface area contributed by atoms with Gasteiger partial charge >= 0.3 is 0 Å². The predicted octanol–water partition coefficient (Wildman–Crippen LogP) is 1.04. The zero-order valence-electron chi connectivity index (χ0n) is 9.22. The van der Waals surface area contributed by atoms with E-state index in [2.05, 4.69) is 15.6 Å². The van der Waals surface area contributed by atoms with E-state index in [4.69, 9.17) is 27.9 Å². The van der Waals surface area contributed by atoms with E-state index >= 15 is 0 Å².